The van der Waals surface area contributed by atoms with Crippen molar-refractivity contribution in [3.05, 3.63) is 102 Å². The van der Waals surface area contributed by atoms with Crippen LogP contribution in [-0.2, 0) is 5.41 Å². The summed E-state index contributed by atoms with van der Waals surface area (Å²) < 4.78 is 5.87. The second-order valence-corrected chi connectivity index (χ2v) is 12.2. The summed E-state index contributed by atoms with van der Waals surface area (Å²) in [5.74, 6) is 0.987. The lowest BCUT2D eigenvalue weighted by Gasteiger charge is -2.23. The Morgan fingerprint density at radius 3 is 2.11 bits per heavy atom. The van der Waals surface area contributed by atoms with Gasteiger partial charge in [-0.05, 0) is 41.2 Å². The second kappa shape index (κ2) is 15.4. The van der Waals surface area contributed by atoms with Crippen molar-refractivity contribution in [2.24, 2.45) is 5.73 Å². The zero-order valence-electron chi connectivity index (χ0n) is 26.3. The summed E-state index contributed by atoms with van der Waals surface area (Å²) in [6.07, 6.45) is 8.84. The SMILES string of the molecule is CCCCCCCOc1ccc(-c2cnc(-c3ccc(C(=O)C[C@@H](N)NC(=O)c4ccccc4C(C)(C)C)cc3)nc2)cc1. The fraction of sp³-hybridized carbons (Fsp3) is 0.351. The van der Waals surface area contributed by atoms with Crippen molar-refractivity contribution >= 4 is 11.7 Å². The van der Waals surface area contributed by atoms with E-state index >= 15 is 0 Å². The molecule has 230 valence electrons. The smallest absolute Gasteiger partial charge is 0.252 e. The van der Waals surface area contributed by atoms with Crippen molar-refractivity contribution in [1.82, 2.24) is 15.3 Å². The highest BCUT2D eigenvalue weighted by molar-refractivity contribution is 5.99. The highest BCUT2D eigenvalue weighted by Crippen LogP contribution is 2.26. The van der Waals surface area contributed by atoms with Gasteiger partial charge in [0, 0.05) is 41.1 Å². The van der Waals surface area contributed by atoms with Crippen molar-refractivity contribution in [1.29, 1.82) is 0 Å². The minimum Gasteiger partial charge on any atom is -0.494 e. The quantitative estimate of drug-likeness (QED) is 0.0881. The number of nitrogens with zero attached hydrogens (tertiary/aromatic N) is 2. The van der Waals surface area contributed by atoms with E-state index in [9.17, 15) is 9.59 Å². The molecule has 7 heteroatoms. The molecule has 44 heavy (non-hydrogen) atoms. The van der Waals surface area contributed by atoms with Gasteiger partial charge in [0.25, 0.3) is 5.91 Å². The Kier molecular flexibility index (Phi) is 11.4. The number of Topliss-reactive ketones (excluding diaryl/α,β-unsaturated/α-hetero) is 1. The number of amides is 1. The van der Waals surface area contributed by atoms with Crippen molar-refractivity contribution in [3.63, 3.8) is 0 Å². The summed E-state index contributed by atoms with van der Waals surface area (Å²) in [5.41, 5.74) is 10.7. The van der Waals surface area contributed by atoms with Gasteiger partial charge in [0.05, 0.1) is 12.8 Å². The molecule has 0 unspecified atom stereocenters. The Balaban J connectivity index is 1.30. The van der Waals surface area contributed by atoms with Gasteiger partial charge < -0.3 is 15.8 Å². The zero-order valence-corrected chi connectivity index (χ0v) is 26.3. The van der Waals surface area contributed by atoms with E-state index in [-0.39, 0.29) is 23.5 Å². The van der Waals surface area contributed by atoms with Crippen LogP contribution in [0.3, 0.4) is 0 Å². The average molecular weight is 593 g/mol. The van der Waals surface area contributed by atoms with Gasteiger partial charge in [0.1, 0.15) is 5.75 Å². The molecular formula is C37H44N4O3. The number of hydrogen-bond acceptors (Lipinski definition) is 6. The summed E-state index contributed by atoms with van der Waals surface area (Å²) >= 11 is 0. The molecule has 4 aromatic rings. The highest BCUT2D eigenvalue weighted by atomic mass is 16.5. The molecule has 0 bridgehead atoms. The molecule has 1 amide bonds. The maximum Gasteiger partial charge on any atom is 0.252 e. The molecule has 0 aliphatic rings. The number of carbonyl (C=O) groups excluding carboxylic acids is 2. The molecule has 0 fully saturated rings. The molecule has 3 N–H and O–H groups in total. The number of benzene rings is 3. The molecule has 0 saturated heterocycles. The second-order valence-electron chi connectivity index (χ2n) is 12.2. The van der Waals surface area contributed by atoms with E-state index in [1.165, 1.54) is 25.7 Å². The van der Waals surface area contributed by atoms with Crippen LogP contribution in [0.2, 0.25) is 0 Å². The number of carbonyl (C=O) groups is 2. The Morgan fingerprint density at radius 2 is 1.45 bits per heavy atom. The molecule has 7 nitrogen and oxygen atoms in total. The summed E-state index contributed by atoms with van der Waals surface area (Å²) in [6, 6.07) is 22.6. The van der Waals surface area contributed by atoms with Crippen LogP contribution in [0.1, 0.15) is 92.5 Å². The Bertz CT molecular complexity index is 1510. The Morgan fingerprint density at radius 1 is 0.818 bits per heavy atom. The molecule has 0 radical (unpaired) electrons. The molecule has 0 saturated carbocycles. The standard InChI is InChI=1S/C37H44N4O3/c1-5-6-7-8-11-22-44-30-20-18-26(19-21-30)29-24-39-35(40-25-29)28-16-14-27(15-17-28)33(42)23-34(38)41-36(43)31-12-9-10-13-32(31)37(2,3)4/h9-10,12-21,24-25,34H,5-8,11,22-23,38H2,1-4H3,(H,41,43)/t34-/m0/s1. The molecule has 4 rings (SSSR count). The van der Waals surface area contributed by atoms with E-state index in [2.05, 4.69) is 43.0 Å². The van der Waals surface area contributed by atoms with Crippen LogP contribution < -0.4 is 15.8 Å². The predicted molar refractivity (Wildman–Crippen MR) is 177 cm³/mol. The van der Waals surface area contributed by atoms with Crippen molar-refractivity contribution in [2.75, 3.05) is 6.61 Å². The van der Waals surface area contributed by atoms with Crippen LogP contribution >= 0.6 is 0 Å². The van der Waals surface area contributed by atoms with Gasteiger partial charge in [0.15, 0.2) is 11.6 Å². The molecule has 0 spiro atoms. The van der Waals surface area contributed by atoms with Crippen molar-refractivity contribution < 1.29 is 14.3 Å². The van der Waals surface area contributed by atoms with Gasteiger partial charge in [-0.2, -0.15) is 0 Å². The number of unbranched alkanes of at least 4 members (excludes halogenated alkanes) is 4. The first-order chi connectivity index (χ1) is 21.2. The first-order valence-electron chi connectivity index (χ1n) is 15.5. The molecule has 0 aliphatic heterocycles. The summed E-state index contributed by atoms with van der Waals surface area (Å²) in [5, 5.41) is 2.78. The highest BCUT2D eigenvalue weighted by Gasteiger charge is 2.23. The first kappa shape index (κ1) is 32.6. The maximum absolute atomic E-state index is 12.9. The summed E-state index contributed by atoms with van der Waals surface area (Å²) in [6.45, 7) is 9.11. The largest absolute Gasteiger partial charge is 0.494 e. The van der Waals surface area contributed by atoms with Crippen LogP contribution in [0.15, 0.2) is 85.2 Å². The van der Waals surface area contributed by atoms with E-state index in [1.54, 1.807) is 30.6 Å². The van der Waals surface area contributed by atoms with Crippen LogP contribution in [0.25, 0.3) is 22.5 Å². The lowest BCUT2D eigenvalue weighted by Crippen LogP contribution is -2.43. The third kappa shape index (κ3) is 9.07. The van der Waals surface area contributed by atoms with Crippen molar-refractivity contribution in [3.8, 4) is 28.3 Å². The molecule has 0 aliphatic carbocycles. The molecular weight excluding hydrogens is 548 g/mol. The maximum atomic E-state index is 12.9. The fourth-order valence-corrected chi connectivity index (χ4v) is 5.02. The average Bonchev–Trinajstić information content (AvgIpc) is 3.02. The first-order valence-corrected chi connectivity index (χ1v) is 15.5. The van der Waals surface area contributed by atoms with E-state index in [0.29, 0.717) is 17.0 Å². The van der Waals surface area contributed by atoms with Gasteiger partial charge in [-0.3, -0.25) is 9.59 Å². The third-order valence-electron chi connectivity index (χ3n) is 7.52. The molecule has 1 atom stereocenters. The zero-order chi connectivity index (χ0) is 31.5. The lowest BCUT2D eigenvalue weighted by molar-refractivity contribution is 0.0913. The van der Waals surface area contributed by atoms with E-state index < -0.39 is 6.17 Å². The van der Waals surface area contributed by atoms with Gasteiger partial charge in [-0.25, -0.2) is 9.97 Å². The van der Waals surface area contributed by atoms with Gasteiger partial charge >= 0.3 is 0 Å². The number of ketones is 1. The topological polar surface area (TPSA) is 107 Å². The number of rotatable bonds is 14. The Labute approximate surface area is 261 Å². The minimum atomic E-state index is -0.810. The number of hydrogen-bond donors (Lipinski definition) is 2. The van der Waals surface area contributed by atoms with Crippen molar-refractivity contribution in [2.45, 2.75) is 77.8 Å². The normalized spacial score (nSPS) is 12.0. The summed E-state index contributed by atoms with van der Waals surface area (Å²) in [7, 11) is 0. The predicted octanol–water partition coefficient (Wildman–Crippen LogP) is 7.74. The monoisotopic (exact) mass is 592 g/mol. The minimum absolute atomic E-state index is 0.0171. The fourth-order valence-electron chi connectivity index (χ4n) is 5.02. The number of nitrogens with two attached hydrogens (primary N) is 1. The van der Waals surface area contributed by atoms with Crippen LogP contribution in [0.5, 0.6) is 5.75 Å². The number of aromatic nitrogens is 2. The van der Waals surface area contributed by atoms with Crippen LogP contribution in [0, 0.1) is 0 Å². The molecule has 3 aromatic carbocycles. The molecule has 1 heterocycles. The van der Waals surface area contributed by atoms with Crippen LogP contribution in [0.4, 0.5) is 0 Å². The van der Waals surface area contributed by atoms with E-state index in [1.807, 2.05) is 54.6 Å². The summed E-state index contributed by atoms with van der Waals surface area (Å²) in [4.78, 5) is 34.9. The third-order valence-corrected chi connectivity index (χ3v) is 7.52. The van der Waals surface area contributed by atoms with Crippen LogP contribution in [-0.4, -0.2) is 34.4 Å². The van der Waals surface area contributed by atoms with Gasteiger partial charge in [-0.1, -0.05) is 108 Å². The van der Waals surface area contributed by atoms with Gasteiger partial charge in [-0.15, -0.1) is 0 Å². The van der Waals surface area contributed by atoms with E-state index in [0.717, 1.165) is 41.0 Å². The lowest BCUT2D eigenvalue weighted by atomic mass is 9.83. The van der Waals surface area contributed by atoms with Gasteiger partial charge in [0.2, 0.25) is 0 Å². The number of nitrogens with one attached hydrogen (secondary N) is 1. The van der Waals surface area contributed by atoms with E-state index in [4.69, 9.17) is 10.5 Å². The number of ether oxygens (including phenoxy) is 1. The Hall–Kier alpha value is -4.36. The molecule has 1 aromatic heterocycles.